The van der Waals surface area contributed by atoms with Gasteiger partial charge in [-0.2, -0.15) is 0 Å². The normalized spacial score (nSPS) is 13.4. The van der Waals surface area contributed by atoms with Gasteiger partial charge in [-0.3, -0.25) is 9.59 Å². The van der Waals surface area contributed by atoms with Gasteiger partial charge in [0, 0.05) is 5.92 Å². The minimum absolute atomic E-state index is 0.0720. The first-order chi connectivity index (χ1) is 8.92. The Morgan fingerprint density at radius 1 is 1.32 bits per heavy atom. The van der Waals surface area contributed by atoms with Crippen molar-refractivity contribution in [2.75, 3.05) is 13.7 Å². The van der Waals surface area contributed by atoms with Crippen LogP contribution in [0, 0.1) is 5.92 Å². The Balaban J connectivity index is 4.29. The van der Waals surface area contributed by atoms with Crippen LogP contribution in [0.2, 0.25) is 0 Å². The van der Waals surface area contributed by atoms with E-state index < -0.39 is 29.8 Å². The largest absolute Gasteiger partial charge is 0.480 e. The molecule has 0 aromatic rings. The molecule has 0 aliphatic rings. The standard InChI is InChI=1S/C12H22N2O5/c1-8(7-10(15)19-2)11(16)14-9(12(17)18)5-3-4-6-13/h8-9H,3-7,13H2,1-2H3,(H,14,16)(H,17,18)/t8?,9-/m0/s1. The minimum Gasteiger partial charge on any atom is -0.480 e. The van der Waals surface area contributed by atoms with Gasteiger partial charge in [0.2, 0.25) is 5.91 Å². The van der Waals surface area contributed by atoms with Crippen LogP contribution in [0.5, 0.6) is 0 Å². The zero-order valence-electron chi connectivity index (χ0n) is 11.3. The molecule has 0 aliphatic carbocycles. The summed E-state index contributed by atoms with van der Waals surface area (Å²) in [5.74, 6) is -2.68. The molecule has 0 saturated heterocycles. The number of carbonyl (C=O) groups excluding carboxylic acids is 2. The summed E-state index contributed by atoms with van der Waals surface area (Å²) >= 11 is 0. The van der Waals surface area contributed by atoms with Crippen LogP contribution in [0.3, 0.4) is 0 Å². The Labute approximate surface area is 112 Å². The molecule has 110 valence electrons. The van der Waals surface area contributed by atoms with Gasteiger partial charge in [0.05, 0.1) is 13.5 Å². The molecule has 0 bridgehead atoms. The fourth-order valence-corrected chi connectivity index (χ4v) is 1.49. The molecule has 2 atom stereocenters. The second kappa shape index (κ2) is 9.32. The summed E-state index contributed by atoms with van der Waals surface area (Å²) < 4.78 is 4.45. The molecule has 0 aliphatic heterocycles. The second-order valence-electron chi connectivity index (χ2n) is 4.37. The van der Waals surface area contributed by atoms with E-state index in [4.69, 9.17) is 10.8 Å². The first kappa shape index (κ1) is 17.4. The first-order valence-electron chi connectivity index (χ1n) is 6.22. The number of carboxylic acid groups (broad SMARTS) is 1. The number of nitrogens with two attached hydrogens (primary N) is 1. The van der Waals surface area contributed by atoms with Crippen molar-refractivity contribution in [2.45, 2.75) is 38.6 Å². The third-order valence-electron chi connectivity index (χ3n) is 2.71. The molecule has 4 N–H and O–H groups in total. The number of nitrogens with one attached hydrogen (secondary N) is 1. The van der Waals surface area contributed by atoms with E-state index in [2.05, 4.69) is 10.1 Å². The smallest absolute Gasteiger partial charge is 0.326 e. The van der Waals surface area contributed by atoms with Gasteiger partial charge >= 0.3 is 11.9 Å². The van der Waals surface area contributed by atoms with Crippen LogP contribution in [0.15, 0.2) is 0 Å². The van der Waals surface area contributed by atoms with E-state index in [-0.39, 0.29) is 6.42 Å². The Bertz CT molecular complexity index is 319. The number of carboxylic acids is 1. The van der Waals surface area contributed by atoms with Gasteiger partial charge in [0.15, 0.2) is 0 Å². The van der Waals surface area contributed by atoms with Crippen LogP contribution in [0.1, 0.15) is 32.6 Å². The summed E-state index contributed by atoms with van der Waals surface area (Å²) in [7, 11) is 1.24. The highest BCUT2D eigenvalue weighted by molar-refractivity contribution is 5.87. The molecule has 0 aromatic heterocycles. The van der Waals surface area contributed by atoms with E-state index in [0.29, 0.717) is 25.8 Å². The number of methoxy groups -OCH3 is 1. The number of unbranched alkanes of at least 4 members (excludes halogenated alkanes) is 1. The van der Waals surface area contributed by atoms with E-state index >= 15 is 0 Å². The summed E-state index contributed by atoms with van der Waals surface area (Å²) in [5.41, 5.74) is 5.32. The molecular formula is C12H22N2O5. The lowest BCUT2D eigenvalue weighted by Crippen LogP contribution is -2.43. The Kier molecular flexibility index (Phi) is 8.52. The number of aliphatic carboxylic acids is 1. The summed E-state index contributed by atoms with van der Waals surface area (Å²) in [6.45, 7) is 2.03. The molecule has 19 heavy (non-hydrogen) atoms. The van der Waals surface area contributed by atoms with Crippen LogP contribution < -0.4 is 11.1 Å². The molecule has 7 heteroatoms. The second-order valence-corrected chi connectivity index (χ2v) is 4.37. The topological polar surface area (TPSA) is 119 Å². The molecule has 0 aromatic carbocycles. The molecule has 0 heterocycles. The number of amides is 1. The van der Waals surface area contributed by atoms with Crippen molar-refractivity contribution in [2.24, 2.45) is 11.7 Å². The monoisotopic (exact) mass is 274 g/mol. The SMILES string of the molecule is COC(=O)CC(C)C(=O)N[C@@H](CCCCN)C(=O)O. The number of hydrogen-bond donors (Lipinski definition) is 3. The summed E-state index contributed by atoms with van der Waals surface area (Å²) in [5, 5.41) is 11.4. The van der Waals surface area contributed by atoms with Crippen molar-refractivity contribution in [3.8, 4) is 0 Å². The lowest BCUT2D eigenvalue weighted by molar-refractivity contribution is -0.145. The van der Waals surface area contributed by atoms with Crippen LogP contribution in [-0.4, -0.2) is 42.6 Å². The average Bonchev–Trinajstić information content (AvgIpc) is 2.36. The third kappa shape index (κ3) is 7.40. The molecular weight excluding hydrogens is 252 g/mol. The van der Waals surface area contributed by atoms with Crippen molar-refractivity contribution < 1.29 is 24.2 Å². The lowest BCUT2D eigenvalue weighted by Gasteiger charge is -2.17. The highest BCUT2D eigenvalue weighted by Crippen LogP contribution is 2.06. The molecule has 0 fully saturated rings. The van der Waals surface area contributed by atoms with Crippen molar-refractivity contribution in [3.05, 3.63) is 0 Å². The number of hydrogen-bond acceptors (Lipinski definition) is 5. The lowest BCUT2D eigenvalue weighted by atomic mass is 10.0. The van der Waals surface area contributed by atoms with Gasteiger partial charge in [0.1, 0.15) is 6.04 Å². The Hall–Kier alpha value is -1.63. The van der Waals surface area contributed by atoms with Gasteiger partial charge < -0.3 is 20.9 Å². The van der Waals surface area contributed by atoms with Gasteiger partial charge in [0.25, 0.3) is 0 Å². The Morgan fingerprint density at radius 3 is 2.42 bits per heavy atom. The van der Waals surface area contributed by atoms with E-state index in [0.717, 1.165) is 0 Å². The van der Waals surface area contributed by atoms with Crippen molar-refractivity contribution >= 4 is 17.8 Å². The molecule has 7 nitrogen and oxygen atoms in total. The van der Waals surface area contributed by atoms with Gasteiger partial charge in [-0.1, -0.05) is 6.92 Å². The molecule has 1 unspecified atom stereocenters. The maximum Gasteiger partial charge on any atom is 0.326 e. The maximum absolute atomic E-state index is 11.7. The number of esters is 1. The number of carbonyl (C=O) groups is 3. The van der Waals surface area contributed by atoms with E-state index in [9.17, 15) is 14.4 Å². The van der Waals surface area contributed by atoms with Gasteiger partial charge in [-0.25, -0.2) is 4.79 Å². The fraction of sp³-hybridized carbons (Fsp3) is 0.750. The summed E-state index contributed by atoms with van der Waals surface area (Å²) in [4.78, 5) is 33.8. The van der Waals surface area contributed by atoms with E-state index in [1.807, 2.05) is 0 Å². The first-order valence-corrected chi connectivity index (χ1v) is 6.22. The fourth-order valence-electron chi connectivity index (χ4n) is 1.49. The van der Waals surface area contributed by atoms with Gasteiger partial charge in [-0.15, -0.1) is 0 Å². The number of ether oxygens (including phenoxy) is 1. The highest BCUT2D eigenvalue weighted by atomic mass is 16.5. The van der Waals surface area contributed by atoms with E-state index in [1.54, 1.807) is 6.92 Å². The van der Waals surface area contributed by atoms with Crippen LogP contribution in [0.4, 0.5) is 0 Å². The highest BCUT2D eigenvalue weighted by Gasteiger charge is 2.24. The molecule has 1 amide bonds. The zero-order valence-corrected chi connectivity index (χ0v) is 11.3. The maximum atomic E-state index is 11.7. The molecule has 0 rings (SSSR count). The van der Waals surface area contributed by atoms with Crippen LogP contribution in [-0.2, 0) is 19.1 Å². The van der Waals surface area contributed by atoms with Crippen LogP contribution >= 0.6 is 0 Å². The van der Waals surface area contributed by atoms with Crippen molar-refractivity contribution in [1.82, 2.24) is 5.32 Å². The molecule has 0 spiro atoms. The summed E-state index contributed by atoms with van der Waals surface area (Å²) in [6, 6.07) is -0.945. The summed E-state index contributed by atoms with van der Waals surface area (Å²) in [6.07, 6.45) is 1.58. The van der Waals surface area contributed by atoms with Gasteiger partial charge in [-0.05, 0) is 25.8 Å². The molecule has 0 radical (unpaired) electrons. The predicted molar refractivity (Wildman–Crippen MR) is 68.3 cm³/mol. The zero-order chi connectivity index (χ0) is 14.8. The van der Waals surface area contributed by atoms with E-state index in [1.165, 1.54) is 7.11 Å². The average molecular weight is 274 g/mol. The van der Waals surface area contributed by atoms with Crippen molar-refractivity contribution in [3.63, 3.8) is 0 Å². The molecule has 0 saturated carbocycles. The predicted octanol–water partition coefficient (Wildman–Crippen LogP) is -0.116. The third-order valence-corrected chi connectivity index (χ3v) is 2.71. The van der Waals surface area contributed by atoms with Crippen molar-refractivity contribution in [1.29, 1.82) is 0 Å². The van der Waals surface area contributed by atoms with Crippen LogP contribution in [0.25, 0.3) is 0 Å². The quantitative estimate of drug-likeness (QED) is 0.398. The Morgan fingerprint density at radius 2 is 1.95 bits per heavy atom. The number of rotatable bonds is 9. The minimum atomic E-state index is -1.09.